The lowest BCUT2D eigenvalue weighted by Crippen LogP contribution is -2.34. The smallest absolute Gasteiger partial charge is 0.270 e. The van der Waals surface area contributed by atoms with Crippen LogP contribution in [0.4, 0.5) is 23.5 Å². The number of nitrogens with one attached hydrogen (secondary N) is 1. The first kappa shape index (κ1) is 24.0. The van der Waals surface area contributed by atoms with Crippen LogP contribution >= 0.6 is 11.6 Å². The molecular formula is C24H27ClN8O3. The topological polar surface area (TPSA) is 126 Å². The molecular weight excluding hydrogens is 484 g/mol. The molecule has 3 aromatic rings. The number of hydrazone groups is 1. The van der Waals surface area contributed by atoms with Gasteiger partial charge in [0.25, 0.3) is 5.69 Å². The lowest BCUT2D eigenvalue weighted by molar-refractivity contribution is -0.384. The van der Waals surface area contributed by atoms with Crippen LogP contribution < -0.4 is 15.2 Å². The zero-order chi connectivity index (χ0) is 24.9. The van der Waals surface area contributed by atoms with Gasteiger partial charge in [-0.15, -0.1) is 0 Å². The van der Waals surface area contributed by atoms with Gasteiger partial charge in [0.2, 0.25) is 17.8 Å². The number of anilines is 3. The monoisotopic (exact) mass is 510 g/mol. The van der Waals surface area contributed by atoms with Crippen LogP contribution in [-0.4, -0.2) is 52.3 Å². The molecule has 0 spiro atoms. The van der Waals surface area contributed by atoms with Crippen LogP contribution in [0.15, 0.2) is 39.9 Å². The van der Waals surface area contributed by atoms with Crippen molar-refractivity contribution >= 4 is 41.3 Å². The van der Waals surface area contributed by atoms with E-state index < -0.39 is 4.92 Å². The van der Waals surface area contributed by atoms with Crippen LogP contribution in [0, 0.1) is 10.1 Å². The van der Waals surface area contributed by atoms with E-state index in [1.807, 2.05) is 0 Å². The highest BCUT2D eigenvalue weighted by atomic mass is 35.5. The number of benzene rings is 1. The van der Waals surface area contributed by atoms with Crippen molar-refractivity contribution in [2.24, 2.45) is 5.10 Å². The average Bonchev–Trinajstić information content (AvgIpc) is 3.38. The van der Waals surface area contributed by atoms with Crippen molar-refractivity contribution in [3.05, 3.63) is 51.2 Å². The number of nitrogens with zero attached hydrogens (tertiary/aromatic N) is 7. The fourth-order valence-electron chi connectivity index (χ4n) is 4.41. The lowest BCUT2D eigenvalue weighted by Gasteiger charge is -2.30. The molecule has 2 aromatic heterocycles. The summed E-state index contributed by atoms with van der Waals surface area (Å²) in [4.78, 5) is 28.9. The van der Waals surface area contributed by atoms with E-state index in [0.717, 1.165) is 51.9 Å². The minimum absolute atomic E-state index is 0.0773. The molecule has 0 unspecified atom stereocenters. The minimum Gasteiger partial charge on any atom is -0.455 e. The Morgan fingerprint density at radius 3 is 2.17 bits per heavy atom. The first-order valence-electron chi connectivity index (χ1n) is 12.2. The molecule has 36 heavy (non-hydrogen) atoms. The molecule has 2 saturated heterocycles. The molecule has 1 aromatic carbocycles. The fraction of sp³-hybridized carbons (Fsp3) is 0.417. The Hall–Kier alpha value is -3.73. The van der Waals surface area contributed by atoms with Crippen molar-refractivity contribution in [2.75, 3.05) is 41.4 Å². The molecule has 2 aliphatic heterocycles. The number of aromatic nitrogens is 3. The van der Waals surface area contributed by atoms with Crippen LogP contribution in [0.3, 0.4) is 0 Å². The van der Waals surface area contributed by atoms with E-state index in [1.165, 1.54) is 31.2 Å². The lowest BCUT2D eigenvalue weighted by atomic mass is 10.1. The number of non-ortho nitro benzene ring substituents is 1. The second-order valence-corrected chi connectivity index (χ2v) is 9.25. The number of hydrogen-bond acceptors (Lipinski definition) is 10. The highest BCUT2D eigenvalue weighted by molar-refractivity contribution is 6.33. The third-order valence-corrected chi connectivity index (χ3v) is 6.61. The summed E-state index contributed by atoms with van der Waals surface area (Å²) in [5.74, 6) is 2.70. The summed E-state index contributed by atoms with van der Waals surface area (Å²) in [5, 5.41) is 15.4. The summed E-state index contributed by atoms with van der Waals surface area (Å²) in [5.41, 5.74) is 3.41. The second-order valence-electron chi connectivity index (χ2n) is 8.85. The van der Waals surface area contributed by atoms with Crippen LogP contribution in [0.25, 0.3) is 11.3 Å². The predicted molar refractivity (Wildman–Crippen MR) is 139 cm³/mol. The van der Waals surface area contributed by atoms with Gasteiger partial charge in [-0.3, -0.25) is 10.1 Å². The van der Waals surface area contributed by atoms with Gasteiger partial charge in [0.1, 0.15) is 11.5 Å². The molecule has 4 heterocycles. The highest BCUT2D eigenvalue weighted by Crippen LogP contribution is 2.32. The molecule has 2 fully saturated rings. The standard InChI is InChI=1S/C24H27ClN8O3/c25-20-15-17(33(34)35)7-9-19(20)21-10-8-18(36-21)16-26-30-22-27-23(31-11-3-1-4-12-31)29-24(28-22)32-13-5-2-6-14-32/h7-10,15-16H,1-6,11-14H2,(H,27,28,29,30)/b26-16+. The van der Waals surface area contributed by atoms with Crippen molar-refractivity contribution in [3.63, 3.8) is 0 Å². The normalized spacial score (nSPS) is 16.5. The van der Waals surface area contributed by atoms with Gasteiger partial charge in [-0.25, -0.2) is 5.43 Å². The molecule has 0 bridgehead atoms. The first-order chi connectivity index (χ1) is 17.6. The number of nitro benzene ring substituents is 1. The number of halogens is 1. The third kappa shape index (κ3) is 5.56. The van der Waals surface area contributed by atoms with Crippen molar-refractivity contribution < 1.29 is 9.34 Å². The Labute approximate surface area is 213 Å². The fourth-order valence-corrected chi connectivity index (χ4v) is 4.68. The zero-order valence-electron chi connectivity index (χ0n) is 19.8. The molecule has 0 aliphatic carbocycles. The molecule has 12 heteroatoms. The number of furan rings is 1. The maximum absolute atomic E-state index is 10.9. The van der Waals surface area contributed by atoms with Crippen molar-refractivity contribution in [1.82, 2.24) is 15.0 Å². The number of hydrogen-bond donors (Lipinski definition) is 1. The quantitative estimate of drug-likeness (QED) is 0.262. The van der Waals surface area contributed by atoms with Gasteiger partial charge in [0, 0.05) is 43.9 Å². The van der Waals surface area contributed by atoms with Crippen LogP contribution in [0.2, 0.25) is 5.02 Å². The molecule has 188 valence electrons. The largest absolute Gasteiger partial charge is 0.455 e. The summed E-state index contributed by atoms with van der Waals surface area (Å²) < 4.78 is 5.81. The molecule has 0 radical (unpaired) electrons. The summed E-state index contributed by atoms with van der Waals surface area (Å²) in [7, 11) is 0. The summed E-state index contributed by atoms with van der Waals surface area (Å²) >= 11 is 6.22. The van der Waals surface area contributed by atoms with Gasteiger partial charge in [-0.05, 0) is 56.7 Å². The molecule has 5 rings (SSSR count). The first-order valence-corrected chi connectivity index (χ1v) is 12.5. The summed E-state index contributed by atoms with van der Waals surface area (Å²) in [6.07, 6.45) is 8.50. The number of nitro groups is 1. The highest BCUT2D eigenvalue weighted by Gasteiger charge is 2.20. The van der Waals surface area contributed by atoms with Gasteiger partial charge in [0.15, 0.2) is 0 Å². The predicted octanol–water partition coefficient (Wildman–Crippen LogP) is 5.12. The van der Waals surface area contributed by atoms with E-state index in [1.54, 1.807) is 18.2 Å². The van der Waals surface area contributed by atoms with Gasteiger partial charge < -0.3 is 14.2 Å². The van der Waals surface area contributed by atoms with E-state index >= 15 is 0 Å². The van der Waals surface area contributed by atoms with Gasteiger partial charge in [0.05, 0.1) is 16.2 Å². The number of rotatable bonds is 7. The van der Waals surface area contributed by atoms with Crippen LogP contribution in [-0.2, 0) is 0 Å². The van der Waals surface area contributed by atoms with Gasteiger partial charge in [-0.1, -0.05) is 11.6 Å². The van der Waals surface area contributed by atoms with E-state index in [-0.39, 0.29) is 10.7 Å². The second kappa shape index (κ2) is 10.9. The maximum Gasteiger partial charge on any atom is 0.270 e. The van der Waals surface area contributed by atoms with Crippen LogP contribution in [0.5, 0.6) is 0 Å². The van der Waals surface area contributed by atoms with Crippen LogP contribution in [0.1, 0.15) is 44.3 Å². The maximum atomic E-state index is 10.9. The zero-order valence-corrected chi connectivity index (χ0v) is 20.5. The molecule has 0 atom stereocenters. The van der Waals surface area contributed by atoms with E-state index in [4.69, 9.17) is 21.0 Å². The van der Waals surface area contributed by atoms with Crippen molar-refractivity contribution in [2.45, 2.75) is 38.5 Å². The third-order valence-electron chi connectivity index (χ3n) is 6.30. The van der Waals surface area contributed by atoms with Gasteiger partial charge in [-0.2, -0.15) is 20.1 Å². The van der Waals surface area contributed by atoms with E-state index in [0.29, 0.717) is 34.9 Å². The SMILES string of the molecule is O=[N+]([O-])c1ccc(-c2ccc(/C=N/Nc3nc(N4CCCCC4)nc(N4CCCCC4)n3)o2)c(Cl)c1. The Bertz CT molecular complexity index is 1220. The van der Waals surface area contributed by atoms with E-state index in [9.17, 15) is 10.1 Å². The minimum atomic E-state index is -0.490. The Kier molecular flexibility index (Phi) is 7.26. The van der Waals surface area contributed by atoms with Crippen molar-refractivity contribution in [1.29, 1.82) is 0 Å². The Balaban J connectivity index is 1.32. The number of piperidine rings is 2. The summed E-state index contributed by atoms with van der Waals surface area (Å²) in [6, 6.07) is 7.73. The molecule has 0 amide bonds. The molecule has 0 saturated carbocycles. The van der Waals surface area contributed by atoms with E-state index in [2.05, 4.69) is 30.3 Å². The summed E-state index contributed by atoms with van der Waals surface area (Å²) in [6.45, 7) is 3.75. The average molecular weight is 511 g/mol. The van der Waals surface area contributed by atoms with Crippen molar-refractivity contribution in [3.8, 4) is 11.3 Å². The molecule has 1 N–H and O–H groups in total. The van der Waals surface area contributed by atoms with Gasteiger partial charge >= 0.3 is 0 Å². The molecule has 2 aliphatic rings. The Morgan fingerprint density at radius 2 is 1.58 bits per heavy atom. The molecule has 11 nitrogen and oxygen atoms in total. The Morgan fingerprint density at radius 1 is 0.944 bits per heavy atom.